The lowest BCUT2D eigenvalue weighted by Crippen LogP contribution is -2.06. The number of hydrogen-bond acceptors (Lipinski definition) is 4. The minimum atomic E-state index is -3.78. The van der Waals surface area contributed by atoms with E-state index in [1.165, 1.54) is 50.7 Å². The first-order valence-corrected chi connectivity index (χ1v) is 9.11. The standard InChI is InChI=1S/C16H23NO3S/c18-21(19,16-12-8-5-9-13-16)20-17-14-15-10-6-3-1-2-4-7-11-15/h5,8-9,12-15H,1-4,6-7,10-11H2. The van der Waals surface area contributed by atoms with Crippen molar-refractivity contribution in [3.63, 3.8) is 0 Å². The predicted octanol–water partition coefficient (Wildman–Crippen LogP) is 4.13. The summed E-state index contributed by atoms with van der Waals surface area (Å²) in [7, 11) is -3.78. The van der Waals surface area contributed by atoms with E-state index in [0.29, 0.717) is 5.92 Å². The van der Waals surface area contributed by atoms with Gasteiger partial charge >= 0.3 is 10.1 Å². The lowest BCUT2D eigenvalue weighted by atomic mass is 9.98. The molecule has 5 heteroatoms. The summed E-state index contributed by atoms with van der Waals surface area (Å²) in [5, 5.41) is 3.73. The highest BCUT2D eigenvalue weighted by molar-refractivity contribution is 7.86. The molecule has 1 saturated carbocycles. The molecule has 2 rings (SSSR count). The Morgan fingerprint density at radius 1 is 0.952 bits per heavy atom. The summed E-state index contributed by atoms with van der Waals surface area (Å²) in [6.07, 6.45) is 11.3. The average Bonchev–Trinajstić information content (AvgIpc) is 2.62. The smallest absolute Gasteiger partial charge is 0.265 e. The third-order valence-electron chi connectivity index (χ3n) is 3.84. The molecule has 0 bridgehead atoms. The zero-order valence-corrected chi connectivity index (χ0v) is 13.1. The number of benzene rings is 1. The van der Waals surface area contributed by atoms with Crippen molar-refractivity contribution >= 4 is 16.3 Å². The normalized spacial score (nSPS) is 18.9. The molecule has 116 valence electrons. The Bertz CT molecular complexity index is 530. The minimum Gasteiger partial charge on any atom is -0.265 e. The van der Waals surface area contributed by atoms with Crippen LogP contribution in [-0.2, 0) is 14.4 Å². The molecule has 0 atom stereocenters. The molecule has 21 heavy (non-hydrogen) atoms. The first-order valence-electron chi connectivity index (χ1n) is 7.71. The van der Waals surface area contributed by atoms with Crippen LogP contribution in [0.2, 0.25) is 0 Å². The van der Waals surface area contributed by atoms with Crippen LogP contribution in [0.15, 0.2) is 40.4 Å². The largest absolute Gasteiger partial charge is 0.358 e. The molecule has 4 nitrogen and oxygen atoms in total. The second-order valence-corrected chi connectivity index (χ2v) is 7.08. The van der Waals surface area contributed by atoms with Crippen molar-refractivity contribution in [1.82, 2.24) is 0 Å². The third-order valence-corrected chi connectivity index (χ3v) is 4.98. The molecule has 1 aliphatic rings. The van der Waals surface area contributed by atoms with Crippen LogP contribution in [0, 0.1) is 5.92 Å². The van der Waals surface area contributed by atoms with Crippen molar-refractivity contribution < 1.29 is 12.7 Å². The van der Waals surface area contributed by atoms with E-state index >= 15 is 0 Å². The second kappa shape index (κ2) is 8.17. The molecule has 0 N–H and O–H groups in total. The lowest BCUT2D eigenvalue weighted by molar-refractivity contribution is 0.336. The van der Waals surface area contributed by atoms with Crippen molar-refractivity contribution in [2.24, 2.45) is 11.1 Å². The first kappa shape index (κ1) is 16.0. The zero-order valence-electron chi connectivity index (χ0n) is 12.3. The molecule has 0 aliphatic heterocycles. The van der Waals surface area contributed by atoms with Crippen molar-refractivity contribution in [1.29, 1.82) is 0 Å². The van der Waals surface area contributed by atoms with Gasteiger partial charge in [-0.1, -0.05) is 61.9 Å². The molecule has 0 saturated heterocycles. The Kier molecular flexibility index (Phi) is 6.23. The van der Waals surface area contributed by atoms with Gasteiger partial charge in [0, 0.05) is 6.21 Å². The van der Waals surface area contributed by atoms with Crippen LogP contribution < -0.4 is 0 Å². The molecule has 1 aromatic carbocycles. The number of nitrogens with zero attached hydrogens (tertiary/aromatic N) is 1. The number of rotatable bonds is 4. The molecule has 0 spiro atoms. The van der Waals surface area contributed by atoms with E-state index in [4.69, 9.17) is 4.28 Å². The Labute approximate surface area is 127 Å². The van der Waals surface area contributed by atoms with Crippen molar-refractivity contribution in [3.05, 3.63) is 30.3 Å². The van der Waals surface area contributed by atoms with Gasteiger partial charge in [0.05, 0.1) is 0 Å². The van der Waals surface area contributed by atoms with E-state index in [1.807, 2.05) is 0 Å². The van der Waals surface area contributed by atoms with Crippen molar-refractivity contribution in [2.75, 3.05) is 0 Å². The SMILES string of the molecule is O=S(=O)(ON=CC1CCCCCCCC1)c1ccccc1. The first-order chi connectivity index (χ1) is 10.2. The van der Waals surface area contributed by atoms with Gasteiger partial charge in [0.15, 0.2) is 0 Å². The zero-order chi connectivity index (χ0) is 15.0. The summed E-state index contributed by atoms with van der Waals surface area (Å²) in [5.74, 6) is 0.328. The van der Waals surface area contributed by atoms with Gasteiger partial charge in [-0.25, -0.2) is 0 Å². The highest BCUT2D eigenvalue weighted by atomic mass is 32.2. The van der Waals surface area contributed by atoms with Crippen LogP contribution in [0.5, 0.6) is 0 Å². The van der Waals surface area contributed by atoms with Gasteiger partial charge in [0.25, 0.3) is 0 Å². The predicted molar refractivity (Wildman–Crippen MR) is 83.6 cm³/mol. The monoisotopic (exact) mass is 309 g/mol. The summed E-state index contributed by atoms with van der Waals surface area (Å²) in [5.41, 5.74) is 0. The van der Waals surface area contributed by atoms with E-state index in [9.17, 15) is 8.42 Å². The van der Waals surface area contributed by atoms with E-state index < -0.39 is 10.1 Å². The fraction of sp³-hybridized carbons (Fsp3) is 0.562. The molecule has 0 heterocycles. The summed E-state index contributed by atoms with van der Waals surface area (Å²) < 4.78 is 28.6. The fourth-order valence-corrected chi connectivity index (χ4v) is 3.35. The number of oxime groups is 1. The Morgan fingerprint density at radius 3 is 2.14 bits per heavy atom. The molecule has 0 unspecified atom stereocenters. The van der Waals surface area contributed by atoms with Crippen molar-refractivity contribution in [2.45, 2.75) is 56.3 Å². The lowest BCUT2D eigenvalue weighted by Gasteiger charge is -2.09. The van der Waals surface area contributed by atoms with Gasteiger partial charge in [-0.15, -0.1) is 0 Å². The average molecular weight is 309 g/mol. The summed E-state index contributed by atoms with van der Waals surface area (Å²) in [6.45, 7) is 0. The summed E-state index contributed by atoms with van der Waals surface area (Å²) in [4.78, 5) is 0.136. The molecule has 1 aliphatic carbocycles. The van der Waals surface area contributed by atoms with E-state index in [2.05, 4.69) is 5.16 Å². The Balaban J connectivity index is 1.91. The van der Waals surface area contributed by atoms with Gasteiger partial charge in [0.1, 0.15) is 4.90 Å². The third kappa shape index (κ3) is 5.50. The quantitative estimate of drug-likeness (QED) is 0.620. The number of hydrogen-bond donors (Lipinski definition) is 0. The summed E-state index contributed by atoms with van der Waals surface area (Å²) in [6, 6.07) is 8.10. The van der Waals surface area contributed by atoms with E-state index in [-0.39, 0.29) is 4.90 Å². The van der Waals surface area contributed by atoms with Gasteiger partial charge < -0.3 is 0 Å². The van der Waals surface area contributed by atoms with E-state index in [0.717, 1.165) is 12.8 Å². The molecule has 1 fully saturated rings. The molecule has 0 radical (unpaired) electrons. The van der Waals surface area contributed by atoms with E-state index in [1.54, 1.807) is 24.4 Å². The van der Waals surface area contributed by atoms with Crippen LogP contribution in [0.1, 0.15) is 51.4 Å². The fourth-order valence-electron chi connectivity index (χ4n) is 2.61. The van der Waals surface area contributed by atoms with Crippen LogP contribution in [0.25, 0.3) is 0 Å². The van der Waals surface area contributed by atoms with Gasteiger partial charge in [0.2, 0.25) is 0 Å². The maximum absolute atomic E-state index is 11.9. The molecular formula is C16H23NO3S. The highest BCUT2D eigenvalue weighted by Gasteiger charge is 2.15. The second-order valence-electron chi connectivity index (χ2n) is 5.55. The highest BCUT2D eigenvalue weighted by Crippen LogP contribution is 2.21. The molecule has 1 aromatic rings. The van der Waals surface area contributed by atoms with Gasteiger partial charge in [-0.05, 0) is 30.9 Å². The Morgan fingerprint density at radius 2 is 1.52 bits per heavy atom. The Hall–Kier alpha value is -1.36. The van der Waals surface area contributed by atoms with Crippen molar-refractivity contribution in [3.8, 4) is 0 Å². The van der Waals surface area contributed by atoms with Crippen LogP contribution in [-0.4, -0.2) is 14.6 Å². The van der Waals surface area contributed by atoms with Crippen LogP contribution in [0.3, 0.4) is 0 Å². The van der Waals surface area contributed by atoms with Crippen LogP contribution in [0.4, 0.5) is 0 Å². The van der Waals surface area contributed by atoms with Gasteiger partial charge in [-0.3, -0.25) is 4.28 Å². The molecular weight excluding hydrogens is 286 g/mol. The van der Waals surface area contributed by atoms with Crippen LogP contribution >= 0.6 is 0 Å². The maximum atomic E-state index is 11.9. The molecule has 0 amide bonds. The summed E-state index contributed by atoms with van der Waals surface area (Å²) >= 11 is 0. The topological polar surface area (TPSA) is 55.7 Å². The van der Waals surface area contributed by atoms with Gasteiger partial charge in [-0.2, -0.15) is 8.42 Å². The maximum Gasteiger partial charge on any atom is 0.358 e. The minimum absolute atomic E-state index is 0.136. The molecule has 0 aromatic heterocycles.